The number of allylic oxidation sites excluding steroid dienone is 1. The van der Waals surface area contributed by atoms with E-state index >= 15 is 0 Å². The Bertz CT molecular complexity index is 703. The van der Waals surface area contributed by atoms with Gasteiger partial charge in [0.25, 0.3) is 5.91 Å². The number of ether oxygens (including phenoxy) is 1. The molecule has 0 spiro atoms. The molecule has 0 N–H and O–H groups in total. The number of hydrogen-bond donors (Lipinski definition) is 0. The summed E-state index contributed by atoms with van der Waals surface area (Å²) in [5.41, 5.74) is 1.99. The molecule has 1 aliphatic rings. The summed E-state index contributed by atoms with van der Waals surface area (Å²) in [5, 5.41) is 0. The van der Waals surface area contributed by atoms with Crippen molar-refractivity contribution >= 4 is 28.9 Å². The van der Waals surface area contributed by atoms with Gasteiger partial charge in [-0.1, -0.05) is 13.3 Å². The molecule has 0 fully saturated rings. The van der Waals surface area contributed by atoms with Crippen LogP contribution in [0.4, 0.5) is 5.69 Å². The highest BCUT2D eigenvalue weighted by atomic mass is 16.5. The van der Waals surface area contributed by atoms with Gasteiger partial charge < -0.3 is 4.74 Å². The molecule has 0 bridgehead atoms. The van der Waals surface area contributed by atoms with Crippen LogP contribution in [0, 0.1) is 0 Å². The van der Waals surface area contributed by atoms with Crippen molar-refractivity contribution in [2.24, 2.45) is 0 Å². The first kappa shape index (κ1) is 16.9. The smallest absolute Gasteiger partial charge is 0.269 e. The summed E-state index contributed by atoms with van der Waals surface area (Å²) in [7, 11) is 1.52. The highest BCUT2D eigenvalue weighted by Crippen LogP contribution is 2.40. The zero-order chi connectivity index (χ0) is 17.1. The van der Waals surface area contributed by atoms with Crippen LogP contribution in [-0.2, 0) is 14.3 Å². The highest BCUT2D eigenvalue weighted by Gasteiger charge is 2.37. The van der Waals surface area contributed by atoms with E-state index in [1.165, 1.54) is 21.0 Å². The minimum absolute atomic E-state index is 0.0894. The van der Waals surface area contributed by atoms with Crippen molar-refractivity contribution in [3.05, 3.63) is 35.1 Å². The van der Waals surface area contributed by atoms with Crippen LogP contribution < -0.4 is 4.90 Å². The van der Waals surface area contributed by atoms with Crippen molar-refractivity contribution in [1.29, 1.82) is 0 Å². The zero-order valence-electron chi connectivity index (χ0n) is 13.9. The van der Waals surface area contributed by atoms with E-state index in [9.17, 15) is 14.4 Å². The first-order chi connectivity index (χ1) is 10.9. The standard InChI is InChI=1S/C18H21NO4/c1-5-6-7-16(23-4)17-14-10-13(11(2)20)8-9-15(14)19(12(3)21)18(17)22/h8-10H,5-7H2,1-4H3/b17-16-. The molecule has 122 valence electrons. The third-order valence-electron chi connectivity index (χ3n) is 3.93. The summed E-state index contributed by atoms with van der Waals surface area (Å²) < 4.78 is 5.43. The van der Waals surface area contributed by atoms with Crippen molar-refractivity contribution in [3.63, 3.8) is 0 Å². The number of hydrogen-bond acceptors (Lipinski definition) is 4. The van der Waals surface area contributed by atoms with Gasteiger partial charge in [-0.25, -0.2) is 4.90 Å². The molecular weight excluding hydrogens is 294 g/mol. The number of unbranched alkanes of at least 4 members (excludes halogenated alkanes) is 1. The lowest BCUT2D eigenvalue weighted by atomic mass is 10.00. The van der Waals surface area contributed by atoms with Gasteiger partial charge in [0.05, 0.1) is 18.4 Å². The maximum atomic E-state index is 12.7. The molecule has 23 heavy (non-hydrogen) atoms. The number of Topliss-reactive ketones (excluding diaryl/α,β-unsaturated/α-hetero) is 1. The summed E-state index contributed by atoms with van der Waals surface area (Å²) in [5.74, 6) is -0.273. The van der Waals surface area contributed by atoms with Gasteiger partial charge in [-0.05, 0) is 31.5 Å². The number of fused-ring (bicyclic) bond motifs is 1. The summed E-state index contributed by atoms with van der Waals surface area (Å²) in [6, 6.07) is 4.94. The predicted octanol–water partition coefficient (Wildman–Crippen LogP) is 3.33. The molecule has 0 saturated heterocycles. The molecule has 0 radical (unpaired) electrons. The van der Waals surface area contributed by atoms with Crippen molar-refractivity contribution < 1.29 is 19.1 Å². The molecular formula is C18H21NO4. The van der Waals surface area contributed by atoms with Crippen molar-refractivity contribution in [2.45, 2.75) is 40.0 Å². The SMILES string of the molecule is CCCC/C(OC)=C1/C(=O)N(C(C)=O)c2ccc(C(C)=O)cc21. The van der Waals surface area contributed by atoms with Gasteiger partial charge in [0.1, 0.15) is 5.76 Å². The number of imide groups is 1. The highest BCUT2D eigenvalue weighted by molar-refractivity contribution is 6.40. The molecule has 1 aromatic rings. The number of carbonyl (C=O) groups excluding carboxylic acids is 3. The second-order valence-corrected chi connectivity index (χ2v) is 5.55. The molecule has 1 aromatic carbocycles. The molecule has 0 atom stereocenters. The van der Waals surface area contributed by atoms with E-state index in [1.807, 2.05) is 0 Å². The third kappa shape index (κ3) is 3.04. The maximum absolute atomic E-state index is 12.7. The Morgan fingerprint density at radius 2 is 1.91 bits per heavy atom. The Hall–Kier alpha value is -2.43. The molecule has 5 heteroatoms. The van der Waals surface area contributed by atoms with Crippen molar-refractivity contribution in [2.75, 3.05) is 12.0 Å². The van der Waals surface area contributed by atoms with E-state index in [4.69, 9.17) is 4.74 Å². The van der Waals surface area contributed by atoms with Crippen LogP contribution in [0.5, 0.6) is 0 Å². The quantitative estimate of drug-likeness (QED) is 0.475. The number of nitrogens with zero attached hydrogens (tertiary/aromatic N) is 1. The Kier molecular flexibility index (Phi) is 4.98. The topological polar surface area (TPSA) is 63.7 Å². The molecule has 1 heterocycles. The Labute approximate surface area is 135 Å². The van der Waals surface area contributed by atoms with E-state index in [-0.39, 0.29) is 17.6 Å². The van der Waals surface area contributed by atoms with E-state index in [1.54, 1.807) is 18.2 Å². The molecule has 0 unspecified atom stereocenters. The van der Waals surface area contributed by atoms with Crippen LogP contribution in [0.3, 0.4) is 0 Å². The van der Waals surface area contributed by atoms with Crippen LogP contribution >= 0.6 is 0 Å². The largest absolute Gasteiger partial charge is 0.500 e. The lowest BCUT2D eigenvalue weighted by Crippen LogP contribution is -2.31. The lowest BCUT2D eigenvalue weighted by molar-refractivity contribution is -0.122. The fourth-order valence-corrected chi connectivity index (χ4v) is 2.74. The molecule has 2 amide bonds. The number of amides is 2. The lowest BCUT2D eigenvalue weighted by Gasteiger charge is -2.12. The van der Waals surface area contributed by atoms with Gasteiger partial charge in [0.15, 0.2) is 5.78 Å². The molecule has 0 aromatic heterocycles. The first-order valence-corrected chi connectivity index (χ1v) is 7.69. The molecule has 0 aliphatic carbocycles. The fourth-order valence-electron chi connectivity index (χ4n) is 2.74. The van der Waals surface area contributed by atoms with Crippen LogP contribution in [0.2, 0.25) is 0 Å². The van der Waals surface area contributed by atoms with Crippen LogP contribution in [-0.4, -0.2) is 24.7 Å². The predicted molar refractivity (Wildman–Crippen MR) is 88.1 cm³/mol. The molecule has 1 aliphatic heterocycles. The Morgan fingerprint density at radius 1 is 1.22 bits per heavy atom. The minimum Gasteiger partial charge on any atom is -0.500 e. The fraction of sp³-hybridized carbons (Fsp3) is 0.389. The van der Waals surface area contributed by atoms with Crippen LogP contribution in [0.1, 0.15) is 56.0 Å². The monoisotopic (exact) mass is 315 g/mol. The molecule has 0 saturated carbocycles. The maximum Gasteiger partial charge on any atom is 0.269 e. The number of methoxy groups -OCH3 is 1. The average molecular weight is 315 g/mol. The summed E-state index contributed by atoms with van der Waals surface area (Å²) in [6.45, 7) is 4.87. The normalized spacial score (nSPS) is 15.5. The van der Waals surface area contributed by atoms with Crippen LogP contribution in [0.15, 0.2) is 24.0 Å². The Morgan fingerprint density at radius 3 is 2.43 bits per heavy atom. The van der Waals surface area contributed by atoms with Crippen molar-refractivity contribution in [1.82, 2.24) is 0 Å². The van der Waals surface area contributed by atoms with Gasteiger partial charge in [-0.3, -0.25) is 14.4 Å². The van der Waals surface area contributed by atoms with Crippen molar-refractivity contribution in [3.8, 4) is 0 Å². The summed E-state index contributed by atoms with van der Waals surface area (Å²) in [4.78, 5) is 37.4. The molecule has 2 rings (SSSR count). The minimum atomic E-state index is -0.388. The van der Waals surface area contributed by atoms with Gasteiger partial charge >= 0.3 is 0 Å². The zero-order valence-corrected chi connectivity index (χ0v) is 13.9. The number of benzene rings is 1. The third-order valence-corrected chi connectivity index (χ3v) is 3.93. The summed E-state index contributed by atoms with van der Waals surface area (Å²) >= 11 is 0. The average Bonchev–Trinajstić information content (AvgIpc) is 2.80. The first-order valence-electron chi connectivity index (χ1n) is 7.69. The van der Waals surface area contributed by atoms with E-state index in [2.05, 4.69) is 6.92 Å². The number of ketones is 1. The number of anilines is 1. The van der Waals surface area contributed by atoms with E-state index < -0.39 is 0 Å². The number of rotatable bonds is 5. The summed E-state index contributed by atoms with van der Waals surface area (Å²) in [6.07, 6.45) is 2.45. The van der Waals surface area contributed by atoms with E-state index in [0.29, 0.717) is 34.6 Å². The number of carbonyl (C=O) groups is 3. The van der Waals surface area contributed by atoms with Gasteiger partial charge in [0.2, 0.25) is 5.91 Å². The second-order valence-electron chi connectivity index (χ2n) is 5.55. The van der Waals surface area contributed by atoms with E-state index in [0.717, 1.165) is 17.7 Å². The Balaban J connectivity index is 2.68. The van der Waals surface area contributed by atoms with Gasteiger partial charge in [-0.15, -0.1) is 0 Å². The second kappa shape index (κ2) is 6.77. The van der Waals surface area contributed by atoms with Gasteiger partial charge in [0, 0.05) is 24.5 Å². The molecule has 5 nitrogen and oxygen atoms in total. The van der Waals surface area contributed by atoms with Crippen LogP contribution in [0.25, 0.3) is 5.57 Å². The van der Waals surface area contributed by atoms with Gasteiger partial charge in [-0.2, -0.15) is 0 Å².